The van der Waals surface area contributed by atoms with E-state index in [0.29, 0.717) is 17.2 Å². The average Bonchev–Trinajstić information content (AvgIpc) is 2.78. The molecule has 34 heavy (non-hydrogen) atoms. The second-order valence-electron chi connectivity index (χ2n) is 9.92. The summed E-state index contributed by atoms with van der Waals surface area (Å²) in [6.45, 7) is 10.9. The van der Waals surface area contributed by atoms with Gasteiger partial charge in [0.2, 0.25) is 0 Å². The first-order valence-corrected chi connectivity index (χ1v) is 11.2. The standard InChI is InChI=1S/C27H36N2O5/c1-26(2,3)18-27(4,5)20-10-12-21(13-11-20)34-17-25(31)29-28-24(30)15-9-19-8-14-22(32-6)23(16-19)33-7/h8-16H,17-18H2,1-7H3,(H,28,30)(H,29,31)/b15-9+. The van der Waals surface area contributed by atoms with Crippen molar-refractivity contribution in [2.24, 2.45) is 5.41 Å². The van der Waals surface area contributed by atoms with E-state index in [1.54, 1.807) is 31.4 Å². The first kappa shape index (κ1) is 26.8. The first-order chi connectivity index (χ1) is 15.9. The van der Waals surface area contributed by atoms with Gasteiger partial charge in [-0.15, -0.1) is 0 Å². The van der Waals surface area contributed by atoms with E-state index in [4.69, 9.17) is 14.2 Å². The Morgan fingerprint density at radius 1 is 0.882 bits per heavy atom. The van der Waals surface area contributed by atoms with Crippen molar-refractivity contribution in [1.29, 1.82) is 0 Å². The molecule has 0 aliphatic carbocycles. The number of nitrogens with one attached hydrogen (secondary N) is 2. The molecule has 0 aliphatic heterocycles. The largest absolute Gasteiger partial charge is 0.493 e. The van der Waals surface area contributed by atoms with Crippen molar-refractivity contribution in [2.75, 3.05) is 20.8 Å². The highest BCUT2D eigenvalue weighted by Gasteiger charge is 2.27. The van der Waals surface area contributed by atoms with Gasteiger partial charge in [0.1, 0.15) is 5.75 Å². The molecule has 2 rings (SSSR count). The molecule has 0 aromatic heterocycles. The van der Waals surface area contributed by atoms with E-state index in [0.717, 1.165) is 12.0 Å². The second kappa shape index (κ2) is 11.6. The molecule has 7 heteroatoms. The Balaban J connectivity index is 1.81. The molecular weight excluding hydrogens is 432 g/mol. The number of amides is 2. The number of carbonyl (C=O) groups is 2. The Labute approximate surface area is 202 Å². The third kappa shape index (κ3) is 8.46. The van der Waals surface area contributed by atoms with E-state index in [-0.39, 0.29) is 17.4 Å². The summed E-state index contributed by atoms with van der Waals surface area (Å²) in [6, 6.07) is 13.0. The molecule has 0 saturated carbocycles. The van der Waals surface area contributed by atoms with Crippen LogP contribution in [-0.4, -0.2) is 32.6 Å². The second-order valence-corrected chi connectivity index (χ2v) is 9.92. The molecule has 2 N–H and O–H groups in total. The molecule has 0 bridgehead atoms. The highest BCUT2D eigenvalue weighted by molar-refractivity contribution is 5.93. The molecule has 0 spiro atoms. The zero-order chi connectivity index (χ0) is 25.4. The van der Waals surface area contributed by atoms with E-state index in [9.17, 15) is 9.59 Å². The molecule has 0 heterocycles. The number of hydrogen-bond acceptors (Lipinski definition) is 5. The quantitative estimate of drug-likeness (QED) is 0.413. The molecule has 0 radical (unpaired) electrons. The molecule has 2 aromatic carbocycles. The lowest BCUT2D eigenvalue weighted by atomic mass is 9.72. The summed E-state index contributed by atoms with van der Waals surface area (Å²) in [5.74, 6) is 0.796. The van der Waals surface area contributed by atoms with Gasteiger partial charge in [0.05, 0.1) is 14.2 Å². The highest BCUT2D eigenvalue weighted by atomic mass is 16.5. The zero-order valence-electron chi connectivity index (χ0n) is 21.2. The van der Waals surface area contributed by atoms with Crippen LogP contribution in [0.2, 0.25) is 0 Å². The van der Waals surface area contributed by atoms with Crippen molar-refractivity contribution in [3.8, 4) is 17.2 Å². The lowest BCUT2D eigenvalue weighted by molar-refractivity contribution is -0.128. The van der Waals surface area contributed by atoms with Crippen LogP contribution >= 0.6 is 0 Å². The van der Waals surface area contributed by atoms with Gasteiger partial charge in [0.25, 0.3) is 11.8 Å². The van der Waals surface area contributed by atoms with Crippen LogP contribution in [-0.2, 0) is 15.0 Å². The number of hydrogen-bond donors (Lipinski definition) is 2. The number of methoxy groups -OCH3 is 2. The molecule has 0 fully saturated rings. The summed E-state index contributed by atoms with van der Waals surface area (Å²) in [6.07, 6.45) is 3.95. The summed E-state index contributed by atoms with van der Waals surface area (Å²) >= 11 is 0. The maximum Gasteiger partial charge on any atom is 0.276 e. The van der Waals surface area contributed by atoms with E-state index in [1.807, 2.05) is 24.3 Å². The smallest absolute Gasteiger partial charge is 0.276 e. The molecule has 0 aliphatic rings. The predicted octanol–water partition coefficient (Wildman–Crippen LogP) is 4.66. The summed E-state index contributed by atoms with van der Waals surface area (Å²) in [5.41, 5.74) is 6.87. The van der Waals surface area contributed by atoms with Crippen molar-refractivity contribution in [3.05, 3.63) is 59.7 Å². The molecule has 2 aromatic rings. The molecule has 0 saturated heterocycles. The van der Waals surface area contributed by atoms with Gasteiger partial charge in [-0.05, 0) is 58.7 Å². The highest BCUT2D eigenvalue weighted by Crippen LogP contribution is 2.36. The third-order valence-electron chi connectivity index (χ3n) is 5.14. The molecular formula is C27H36N2O5. The van der Waals surface area contributed by atoms with Gasteiger partial charge >= 0.3 is 0 Å². The summed E-state index contributed by atoms with van der Waals surface area (Å²) in [7, 11) is 3.09. The van der Waals surface area contributed by atoms with Crippen LogP contribution in [0.3, 0.4) is 0 Å². The van der Waals surface area contributed by atoms with Gasteiger partial charge in [0.15, 0.2) is 18.1 Å². The minimum absolute atomic E-state index is 0.0307. The van der Waals surface area contributed by atoms with Gasteiger partial charge in [-0.25, -0.2) is 0 Å². The minimum atomic E-state index is -0.478. The zero-order valence-corrected chi connectivity index (χ0v) is 21.2. The minimum Gasteiger partial charge on any atom is -0.493 e. The molecule has 0 unspecified atom stereocenters. The van der Waals surface area contributed by atoms with Crippen LogP contribution in [0.4, 0.5) is 0 Å². The van der Waals surface area contributed by atoms with E-state index < -0.39 is 11.8 Å². The fourth-order valence-corrected chi connectivity index (χ4v) is 3.92. The van der Waals surface area contributed by atoms with Crippen LogP contribution in [0.1, 0.15) is 52.2 Å². The van der Waals surface area contributed by atoms with Crippen LogP contribution in [0.5, 0.6) is 17.2 Å². The molecule has 7 nitrogen and oxygen atoms in total. The normalized spacial score (nSPS) is 11.7. The van der Waals surface area contributed by atoms with Gasteiger partial charge in [-0.2, -0.15) is 0 Å². The van der Waals surface area contributed by atoms with Gasteiger partial charge < -0.3 is 14.2 Å². The van der Waals surface area contributed by atoms with Gasteiger partial charge in [0, 0.05) is 6.08 Å². The van der Waals surface area contributed by atoms with Gasteiger partial charge in [-0.3, -0.25) is 20.4 Å². The SMILES string of the molecule is COc1ccc(/C=C/C(=O)NNC(=O)COc2ccc(C(C)(C)CC(C)(C)C)cc2)cc1OC. The summed E-state index contributed by atoms with van der Waals surface area (Å²) < 4.78 is 16.0. The number of ether oxygens (including phenoxy) is 3. The van der Waals surface area contributed by atoms with E-state index in [2.05, 4.69) is 45.5 Å². The fraction of sp³-hybridized carbons (Fsp3) is 0.407. The van der Waals surface area contributed by atoms with Crippen molar-refractivity contribution in [3.63, 3.8) is 0 Å². The molecule has 0 atom stereocenters. The maximum absolute atomic E-state index is 12.0. The predicted molar refractivity (Wildman–Crippen MR) is 134 cm³/mol. The lowest BCUT2D eigenvalue weighted by Gasteiger charge is -2.33. The fourth-order valence-electron chi connectivity index (χ4n) is 3.92. The van der Waals surface area contributed by atoms with Crippen LogP contribution in [0, 0.1) is 5.41 Å². The summed E-state index contributed by atoms with van der Waals surface area (Å²) in [5, 5.41) is 0. The van der Waals surface area contributed by atoms with E-state index in [1.165, 1.54) is 18.7 Å². The van der Waals surface area contributed by atoms with E-state index >= 15 is 0 Å². The average molecular weight is 469 g/mol. The monoisotopic (exact) mass is 468 g/mol. The third-order valence-corrected chi connectivity index (χ3v) is 5.14. The Morgan fingerprint density at radius 2 is 1.53 bits per heavy atom. The molecule has 184 valence electrons. The Bertz CT molecular complexity index is 1000. The van der Waals surface area contributed by atoms with Crippen molar-refractivity contribution in [2.45, 2.75) is 46.5 Å². The number of benzene rings is 2. The van der Waals surface area contributed by atoms with Crippen LogP contribution in [0.25, 0.3) is 6.08 Å². The van der Waals surface area contributed by atoms with Crippen molar-refractivity contribution < 1.29 is 23.8 Å². The molecule has 2 amide bonds. The van der Waals surface area contributed by atoms with Crippen molar-refractivity contribution in [1.82, 2.24) is 10.9 Å². The topological polar surface area (TPSA) is 85.9 Å². The Morgan fingerprint density at radius 3 is 2.12 bits per heavy atom. The van der Waals surface area contributed by atoms with Gasteiger partial charge in [-0.1, -0.05) is 52.8 Å². The lowest BCUT2D eigenvalue weighted by Crippen LogP contribution is -2.43. The number of hydrazine groups is 1. The maximum atomic E-state index is 12.0. The first-order valence-electron chi connectivity index (χ1n) is 11.2. The number of carbonyl (C=O) groups excluding carboxylic acids is 2. The number of rotatable bonds is 9. The summed E-state index contributed by atoms with van der Waals surface area (Å²) in [4.78, 5) is 24.0. The Hall–Kier alpha value is -3.48. The van der Waals surface area contributed by atoms with Crippen molar-refractivity contribution >= 4 is 17.9 Å². The van der Waals surface area contributed by atoms with Crippen LogP contribution < -0.4 is 25.1 Å². The van der Waals surface area contributed by atoms with Crippen LogP contribution in [0.15, 0.2) is 48.5 Å². The Kier molecular flexibility index (Phi) is 9.12.